The van der Waals surface area contributed by atoms with Crippen molar-refractivity contribution in [1.29, 1.82) is 0 Å². The van der Waals surface area contributed by atoms with Crippen LogP contribution in [0.25, 0.3) is 10.8 Å². The van der Waals surface area contributed by atoms with Crippen LogP contribution in [-0.2, 0) is 0 Å². The van der Waals surface area contributed by atoms with Crippen LogP contribution in [-0.4, -0.2) is 35.3 Å². The third kappa shape index (κ3) is 4.09. The molecule has 5 heteroatoms. The van der Waals surface area contributed by atoms with Gasteiger partial charge in [0.15, 0.2) is 0 Å². The first kappa shape index (κ1) is 17.0. The summed E-state index contributed by atoms with van der Waals surface area (Å²) in [6, 6.07) is 9.51. The minimum Gasteiger partial charge on any atom is -0.395 e. The van der Waals surface area contributed by atoms with Crippen LogP contribution in [0.15, 0.2) is 36.7 Å². The van der Waals surface area contributed by atoms with Crippen molar-refractivity contribution in [2.24, 2.45) is 0 Å². The molecule has 0 unspecified atom stereocenters. The second-order valence-electron chi connectivity index (χ2n) is 5.77. The predicted molar refractivity (Wildman–Crippen MR) is 93.7 cm³/mol. The Kier molecular flexibility index (Phi) is 6.43. The van der Waals surface area contributed by atoms with Gasteiger partial charge in [-0.25, -0.2) is 0 Å². The summed E-state index contributed by atoms with van der Waals surface area (Å²) in [5.74, 6) is 0. The van der Waals surface area contributed by atoms with E-state index >= 15 is 0 Å². The molecule has 0 aliphatic heterocycles. The molecular formula is C17H24ClN3O. The first-order chi connectivity index (χ1) is 10.4. The Morgan fingerprint density at radius 3 is 2.64 bits per heavy atom. The second-order valence-corrected chi connectivity index (χ2v) is 5.77. The molecular weight excluding hydrogens is 298 g/mol. The van der Waals surface area contributed by atoms with Crippen LogP contribution in [0.5, 0.6) is 0 Å². The van der Waals surface area contributed by atoms with Gasteiger partial charge in [-0.3, -0.25) is 4.98 Å². The third-order valence-electron chi connectivity index (χ3n) is 4.31. The summed E-state index contributed by atoms with van der Waals surface area (Å²) in [7, 11) is 0. The molecule has 1 aliphatic rings. The molecule has 0 amide bonds. The van der Waals surface area contributed by atoms with Gasteiger partial charge < -0.3 is 15.7 Å². The molecule has 0 saturated heterocycles. The second kappa shape index (κ2) is 8.32. The van der Waals surface area contributed by atoms with Crippen LogP contribution in [0.4, 0.5) is 5.69 Å². The van der Waals surface area contributed by atoms with E-state index in [-0.39, 0.29) is 19.0 Å². The molecule has 2 aromatic rings. The Morgan fingerprint density at radius 2 is 1.86 bits per heavy atom. The van der Waals surface area contributed by atoms with Gasteiger partial charge in [0.05, 0.1) is 6.61 Å². The molecule has 4 nitrogen and oxygen atoms in total. The van der Waals surface area contributed by atoms with E-state index in [2.05, 4.69) is 39.9 Å². The fourth-order valence-corrected chi connectivity index (χ4v) is 3.18. The molecule has 1 aromatic carbocycles. The lowest BCUT2D eigenvalue weighted by Gasteiger charge is -2.30. The van der Waals surface area contributed by atoms with Crippen molar-refractivity contribution in [3.63, 3.8) is 0 Å². The summed E-state index contributed by atoms with van der Waals surface area (Å²) >= 11 is 0. The van der Waals surface area contributed by atoms with Crippen LogP contribution in [0, 0.1) is 0 Å². The molecule has 0 bridgehead atoms. The largest absolute Gasteiger partial charge is 0.395 e. The first-order valence-electron chi connectivity index (χ1n) is 7.80. The highest BCUT2D eigenvalue weighted by Crippen LogP contribution is 2.27. The van der Waals surface area contributed by atoms with Gasteiger partial charge in [0, 0.05) is 47.5 Å². The maximum Gasteiger partial charge on any atom is 0.0556 e. The van der Waals surface area contributed by atoms with Crippen LogP contribution < -0.4 is 10.6 Å². The lowest BCUT2D eigenvalue weighted by Crippen LogP contribution is -2.38. The number of hydrogen-bond acceptors (Lipinski definition) is 4. The van der Waals surface area contributed by atoms with Crippen molar-refractivity contribution in [2.75, 3.05) is 18.5 Å². The maximum absolute atomic E-state index is 8.86. The standard InChI is InChI=1S/C17H23N3O.ClH/c21-11-10-19-14-4-6-15(7-5-14)20-17-3-1-2-13-12-18-9-8-16(13)17;/h1-3,8-9,12,14-15,19-21H,4-7,10-11H2;1H/t14-,15-;. The van der Waals surface area contributed by atoms with Crippen molar-refractivity contribution in [3.05, 3.63) is 36.7 Å². The molecule has 0 spiro atoms. The number of rotatable bonds is 5. The van der Waals surface area contributed by atoms with Crippen molar-refractivity contribution in [1.82, 2.24) is 10.3 Å². The summed E-state index contributed by atoms with van der Waals surface area (Å²) in [5, 5.41) is 18.4. The summed E-state index contributed by atoms with van der Waals surface area (Å²) in [5.41, 5.74) is 1.21. The predicted octanol–water partition coefficient (Wildman–Crippen LogP) is 2.96. The van der Waals surface area contributed by atoms with E-state index in [1.165, 1.54) is 42.1 Å². The molecule has 1 fully saturated rings. The highest BCUT2D eigenvalue weighted by molar-refractivity contribution is 5.93. The number of pyridine rings is 1. The highest BCUT2D eigenvalue weighted by atomic mass is 35.5. The molecule has 0 radical (unpaired) electrons. The number of nitrogens with zero attached hydrogens (tertiary/aromatic N) is 1. The molecule has 1 aliphatic carbocycles. The van der Waals surface area contributed by atoms with Crippen molar-refractivity contribution in [3.8, 4) is 0 Å². The summed E-state index contributed by atoms with van der Waals surface area (Å²) in [4.78, 5) is 4.18. The number of aliphatic hydroxyl groups excluding tert-OH is 1. The molecule has 22 heavy (non-hydrogen) atoms. The Labute approximate surface area is 137 Å². The number of aliphatic hydroxyl groups is 1. The minimum absolute atomic E-state index is 0. The average molecular weight is 322 g/mol. The Hall–Kier alpha value is -1.36. The van der Waals surface area contributed by atoms with Gasteiger partial charge in [-0.2, -0.15) is 0 Å². The molecule has 1 saturated carbocycles. The zero-order valence-corrected chi connectivity index (χ0v) is 13.5. The van der Waals surface area contributed by atoms with Gasteiger partial charge in [0.25, 0.3) is 0 Å². The van der Waals surface area contributed by atoms with E-state index in [0.717, 1.165) is 0 Å². The molecule has 3 rings (SSSR count). The zero-order chi connectivity index (χ0) is 14.5. The number of nitrogens with one attached hydrogen (secondary N) is 2. The van der Waals surface area contributed by atoms with Crippen LogP contribution in [0.2, 0.25) is 0 Å². The van der Waals surface area contributed by atoms with Crippen LogP contribution >= 0.6 is 12.4 Å². The number of halogens is 1. The molecule has 1 aromatic heterocycles. The van der Waals surface area contributed by atoms with Gasteiger partial charge >= 0.3 is 0 Å². The normalized spacial score (nSPS) is 21.3. The SMILES string of the molecule is Cl.OCCN[C@H]1CC[C@H](Nc2cccc3cnccc23)CC1. The van der Waals surface area contributed by atoms with E-state index in [9.17, 15) is 0 Å². The fraction of sp³-hybridized carbons (Fsp3) is 0.471. The van der Waals surface area contributed by atoms with Crippen molar-refractivity contribution in [2.45, 2.75) is 37.8 Å². The number of anilines is 1. The Morgan fingerprint density at radius 1 is 1.09 bits per heavy atom. The fourth-order valence-electron chi connectivity index (χ4n) is 3.18. The zero-order valence-electron chi connectivity index (χ0n) is 12.7. The van der Waals surface area contributed by atoms with Gasteiger partial charge in [-0.1, -0.05) is 12.1 Å². The van der Waals surface area contributed by atoms with E-state index in [1.54, 1.807) is 0 Å². The monoisotopic (exact) mass is 321 g/mol. The van der Waals surface area contributed by atoms with Gasteiger partial charge in [-0.15, -0.1) is 12.4 Å². The highest BCUT2D eigenvalue weighted by Gasteiger charge is 2.20. The smallest absolute Gasteiger partial charge is 0.0556 e. The molecule has 3 N–H and O–H groups in total. The van der Waals surface area contributed by atoms with Crippen LogP contribution in [0.1, 0.15) is 25.7 Å². The van der Waals surface area contributed by atoms with Crippen LogP contribution in [0.3, 0.4) is 0 Å². The van der Waals surface area contributed by atoms with E-state index in [4.69, 9.17) is 5.11 Å². The molecule has 120 valence electrons. The van der Waals surface area contributed by atoms with Gasteiger partial charge in [-0.05, 0) is 37.8 Å². The average Bonchev–Trinajstić information content (AvgIpc) is 2.55. The first-order valence-corrected chi connectivity index (χ1v) is 7.80. The maximum atomic E-state index is 8.86. The quantitative estimate of drug-likeness (QED) is 0.792. The van der Waals surface area contributed by atoms with Gasteiger partial charge in [0.1, 0.15) is 0 Å². The molecule has 1 heterocycles. The minimum atomic E-state index is 0. The van der Waals surface area contributed by atoms with E-state index < -0.39 is 0 Å². The number of benzene rings is 1. The third-order valence-corrected chi connectivity index (χ3v) is 4.31. The topological polar surface area (TPSA) is 57.2 Å². The Balaban J connectivity index is 0.00000176. The summed E-state index contributed by atoms with van der Waals surface area (Å²) < 4.78 is 0. The number of fused-ring (bicyclic) bond motifs is 1. The molecule has 0 atom stereocenters. The lowest BCUT2D eigenvalue weighted by molar-refractivity contribution is 0.269. The van der Waals surface area contributed by atoms with E-state index in [0.29, 0.717) is 18.6 Å². The summed E-state index contributed by atoms with van der Waals surface area (Å²) in [6.45, 7) is 0.932. The number of aromatic nitrogens is 1. The Bertz CT molecular complexity index is 580. The number of hydrogen-bond donors (Lipinski definition) is 3. The van der Waals surface area contributed by atoms with Gasteiger partial charge in [0.2, 0.25) is 0 Å². The van der Waals surface area contributed by atoms with Crippen molar-refractivity contribution >= 4 is 28.9 Å². The van der Waals surface area contributed by atoms with Crippen molar-refractivity contribution < 1.29 is 5.11 Å². The van der Waals surface area contributed by atoms with E-state index in [1.807, 2.05) is 12.4 Å². The summed E-state index contributed by atoms with van der Waals surface area (Å²) in [6.07, 6.45) is 8.45. The lowest BCUT2D eigenvalue weighted by atomic mass is 9.91.